The van der Waals surface area contributed by atoms with Gasteiger partial charge in [-0.15, -0.1) is 6.58 Å². The second-order valence-corrected chi connectivity index (χ2v) is 4.23. The van der Waals surface area contributed by atoms with Gasteiger partial charge in [-0.1, -0.05) is 6.08 Å². The first kappa shape index (κ1) is 16.8. The topological polar surface area (TPSA) is 64.1 Å². The maximum atomic E-state index is 5.29. The molecule has 0 aromatic heterocycles. The molecule has 21 heavy (non-hydrogen) atoms. The lowest BCUT2D eigenvalue weighted by atomic mass is 10.2. The van der Waals surface area contributed by atoms with Crippen LogP contribution in [0.3, 0.4) is 0 Å². The number of ether oxygens (including phenoxy) is 3. The van der Waals surface area contributed by atoms with Crippen molar-refractivity contribution in [2.24, 2.45) is 5.10 Å². The third-order valence-corrected chi connectivity index (χ3v) is 2.75. The molecule has 0 atom stereocenters. The summed E-state index contributed by atoms with van der Waals surface area (Å²) in [6, 6.07) is 3.50. The lowest BCUT2D eigenvalue weighted by Crippen LogP contribution is -2.31. The zero-order chi connectivity index (χ0) is 15.7. The third-order valence-electron chi connectivity index (χ3n) is 2.51. The Kier molecular flexibility index (Phi) is 7.03. The SMILES string of the molecule is C=CCNC(=S)N/N=C\c1cc(OC)c(OC)cc1OC. The van der Waals surface area contributed by atoms with Crippen LogP contribution >= 0.6 is 12.2 Å². The summed E-state index contributed by atoms with van der Waals surface area (Å²) in [7, 11) is 4.70. The van der Waals surface area contributed by atoms with E-state index in [0.717, 1.165) is 5.56 Å². The van der Waals surface area contributed by atoms with Gasteiger partial charge in [0.15, 0.2) is 16.6 Å². The zero-order valence-corrected chi connectivity index (χ0v) is 13.1. The van der Waals surface area contributed by atoms with Crippen molar-refractivity contribution in [3.05, 3.63) is 30.4 Å². The monoisotopic (exact) mass is 309 g/mol. The molecule has 7 heteroatoms. The zero-order valence-electron chi connectivity index (χ0n) is 12.3. The van der Waals surface area contributed by atoms with Crippen LogP contribution < -0.4 is 25.0 Å². The van der Waals surface area contributed by atoms with E-state index in [4.69, 9.17) is 26.4 Å². The van der Waals surface area contributed by atoms with Crippen molar-refractivity contribution in [1.29, 1.82) is 0 Å². The summed E-state index contributed by atoms with van der Waals surface area (Å²) < 4.78 is 15.8. The summed E-state index contributed by atoms with van der Waals surface area (Å²) in [5.41, 5.74) is 3.43. The third kappa shape index (κ3) is 4.96. The fourth-order valence-corrected chi connectivity index (χ4v) is 1.65. The Hall–Kier alpha value is -2.28. The molecule has 0 radical (unpaired) electrons. The number of nitrogens with zero attached hydrogens (tertiary/aromatic N) is 1. The first-order valence-electron chi connectivity index (χ1n) is 6.14. The molecule has 1 aromatic carbocycles. The van der Waals surface area contributed by atoms with Crippen LogP contribution in [0.4, 0.5) is 0 Å². The highest BCUT2D eigenvalue weighted by Gasteiger charge is 2.10. The van der Waals surface area contributed by atoms with E-state index in [2.05, 4.69) is 22.4 Å². The molecule has 114 valence electrons. The van der Waals surface area contributed by atoms with E-state index in [1.54, 1.807) is 45.8 Å². The van der Waals surface area contributed by atoms with E-state index in [1.165, 1.54) is 0 Å². The number of benzene rings is 1. The average molecular weight is 309 g/mol. The van der Waals surface area contributed by atoms with Crippen LogP contribution in [0.25, 0.3) is 0 Å². The highest BCUT2D eigenvalue weighted by atomic mass is 32.1. The number of rotatable bonds is 7. The van der Waals surface area contributed by atoms with Gasteiger partial charge in [0.1, 0.15) is 5.75 Å². The summed E-state index contributed by atoms with van der Waals surface area (Å²) in [5, 5.41) is 7.35. The summed E-state index contributed by atoms with van der Waals surface area (Å²) in [6.45, 7) is 4.16. The summed E-state index contributed by atoms with van der Waals surface area (Å²) in [4.78, 5) is 0. The Balaban J connectivity index is 2.86. The maximum absolute atomic E-state index is 5.29. The maximum Gasteiger partial charge on any atom is 0.187 e. The van der Waals surface area contributed by atoms with Crippen molar-refractivity contribution >= 4 is 23.5 Å². The minimum absolute atomic E-state index is 0.408. The predicted octanol–water partition coefficient (Wildman–Crippen LogP) is 1.70. The number of hydrazone groups is 1. The van der Waals surface area contributed by atoms with Crippen molar-refractivity contribution in [2.45, 2.75) is 0 Å². The molecule has 0 heterocycles. The molecule has 0 aliphatic heterocycles. The van der Waals surface area contributed by atoms with Gasteiger partial charge >= 0.3 is 0 Å². The van der Waals surface area contributed by atoms with Crippen LogP contribution in [0.2, 0.25) is 0 Å². The van der Waals surface area contributed by atoms with E-state index in [9.17, 15) is 0 Å². The Morgan fingerprint density at radius 1 is 1.19 bits per heavy atom. The van der Waals surface area contributed by atoms with Crippen molar-refractivity contribution in [3.8, 4) is 17.2 Å². The number of hydrogen-bond donors (Lipinski definition) is 2. The van der Waals surface area contributed by atoms with Gasteiger partial charge < -0.3 is 19.5 Å². The van der Waals surface area contributed by atoms with Crippen LogP contribution in [0, 0.1) is 0 Å². The molecule has 1 aromatic rings. The highest BCUT2D eigenvalue weighted by Crippen LogP contribution is 2.33. The summed E-state index contributed by atoms with van der Waals surface area (Å²) in [5.74, 6) is 1.79. The fraction of sp³-hybridized carbons (Fsp3) is 0.286. The molecule has 0 aliphatic rings. The molecule has 0 bridgehead atoms. The molecule has 0 saturated carbocycles. The van der Waals surface area contributed by atoms with Gasteiger partial charge in [-0.2, -0.15) is 5.10 Å². The molecular formula is C14H19N3O3S. The second kappa shape index (κ2) is 8.80. The van der Waals surface area contributed by atoms with E-state index in [1.807, 2.05) is 0 Å². The lowest BCUT2D eigenvalue weighted by Gasteiger charge is -2.11. The molecule has 1 rings (SSSR count). The van der Waals surface area contributed by atoms with Crippen molar-refractivity contribution in [3.63, 3.8) is 0 Å². The molecule has 0 spiro atoms. The average Bonchev–Trinajstić information content (AvgIpc) is 2.52. The quantitative estimate of drug-likeness (QED) is 0.346. The Morgan fingerprint density at radius 2 is 1.81 bits per heavy atom. The van der Waals surface area contributed by atoms with Crippen molar-refractivity contribution < 1.29 is 14.2 Å². The van der Waals surface area contributed by atoms with E-state index in [0.29, 0.717) is 28.9 Å². The van der Waals surface area contributed by atoms with Crippen LogP contribution in [-0.4, -0.2) is 39.2 Å². The summed E-state index contributed by atoms with van der Waals surface area (Å²) >= 11 is 5.02. The molecule has 6 nitrogen and oxygen atoms in total. The molecule has 0 amide bonds. The fourth-order valence-electron chi connectivity index (χ4n) is 1.52. The molecule has 2 N–H and O–H groups in total. The number of methoxy groups -OCH3 is 3. The number of nitrogens with one attached hydrogen (secondary N) is 2. The van der Waals surface area contributed by atoms with Gasteiger partial charge in [-0.05, 0) is 18.3 Å². The van der Waals surface area contributed by atoms with Crippen LogP contribution in [-0.2, 0) is 0 Å². The van der Waals surface area contributed by atoms with E-state index >= 15 is 0 Å². The first-order chi connectivity index (χ1) is 10.2. The smallest absolute Gasteiger partial charge is 0.187 e. The minimum atomic E-state index is 0.408. The lowest BCUT2D eigenvalue weighted by molar-refractivity contribution is 0.349. The normalized spacial score (nSPS) is 10.0. The predicted molar refractivity (Wildman–Crippen MR) is 87.6 cm³/mol. The number of hydrogen-bond acceptors (Lipinski definition) is 5. The molecular weight excluding hydrogens is 290 g/mol. The first-order valence-corrected chi connectivity index (χ1v) is 6.54. The van der Waals surface area contributed by atoms with E-state index < -0.39 is 0 Å². The van der Waals surface area contributed by atoms with Gasteiger partial charge in [-0.3, -0.25) is 5.43 Å². The van der Waals surface area contributed by atoms with Crippen LogP contribution in [0.5, 0.6) is 17.2 Å². The Bertz CT molecular complexity index is 532. The van der Waals surface area contributed by atoms with Crippen LogP contribution in [0.1, 0.15) is 5.56 Å². The molecule has 0 unspecified atom stereocenters. The van der Waals surface area contributed by atoms with E-state index in [-0.39, 0.29) is 0 Å². The largest absolute Gasteiger partial charge is 0.496 e. The molecule has 0 fully saturated rings. The van der Waals surface area contributed by atoms with Crippen molar-refractivity contribution in [1.82, 2.24) is 10.7 Å². The van der Waals surface area contributed by atoms with Gasteiger partial charge in [0.2, 0.25) is 0 Å². The molecule has 0 aliphatic carbocycles. The van der Waals surface area contributed by atoms with Gasteiger partial charge in [0.05, 0.1) is 27.5 Å². The van der Waals surface area contributed by atoms with Crippen LogP contribution in [0.15, 0.2) is 29.9 Å². The Labute approximate surface area is 129 Å². The summed E-state index contributed by atoms with van der Waals surface area (Å²) in [6.07, 6.45) is 3.29. The van der Waals surface area contributed by atoms with Gasteiger partial charge in [-0.25, -0.2) is 0 Å². The minimum Gasteiger partial charge on any atom is -0.496 e. The Morgan fingerprint density at radius 3 is 2.38 bits per heavy atom. The highest BCUT2D eigenvalue weighted by molar-refractivity contribution is 7.80. The van der Waals surface area contributed by atoms with Gasteiger partial charge in [0, 0.05) is 18.2 Å². The molecule has 0 saturated heterocycles. The van der Waals surface area contributed by atoms with Crippen molar-refractivity contribution in [2.75, 3.05) is 27.9 Å². The second-order valence-electron chi connectivity index (χ2n) is 3.82. The van der Waals surface area contributed by atoms with Gasteiger partial charge in [0.25, 0.3) is 0 Å². The number of thiocarbonyl (C=S) groups is 1. The standard InChI is InChI=1S/C14H19N3O3S/c1-5-6-15-14(21)17-16-9-10-7-12(19-3)13(20-4)8-11(10)18-2/h5,7-9H,1,6H2,2-4H3,(H2,15,17,21)/b16-9-.